The lowest BCUT2D eigenvalue weighted by atomic mass is 9.99. The summed E-state index contributed by atoms with van der Waals surface area (Å²) in [6, 6.07) is 15.9. The van der Waals surface area contributed by atoms with E-state index >= 15 is 0 Å². The van der Waals surface area contributed by atoms with Crippen molar-refractivity contribution in [2.75, 3.05) is 19.6 Å². The van der Waals surface area contributed by atoms with E-state index in [1.807, 2.05) is 18.3 Å². The number of aromatic nitrogens is 1. The molecule has 0 fully saturated rings. The van der Waals surface area contributed by atoms with E-state index < -0.39 is 0 Å². The number of nitrogens with zero attached hydrogens (tertiary/aromatic N) is 1. The molecule has 1 aromatic heterocycles. The predicted octanol–water partition coefficient (Wildman–Crippen LogP) is 4.64. The van der Waals surface area contributed by atoms with Crippen LogP contribution in [0.5, 0.6) is 0 Å². The number of halogens is 1. The Bertz CT molecular complexity index is 864. The molecule has 0 unspecified atom stereocenters. The van der Waals surface area contributed by atoms with Crippen LogP contribution in [0.2, 0.25) is 0 Å². The zero-order valence-electron chi connectivity index (χ0n) is 13.6. The van der Waals surface area contributed by atoms with Crippen LogP contribution >= 0.6 is 0 Å². The molecule has 3 heteroatoms. The number of hydrogen-bond donors (Lipinski definition) is 1. The maximum atomic E-state index is 14.2. The van der Waals surface area contributed by atoms with Crippen molar-refractivity contribution in [3.63, 3.8) is 0 Å². The minimum atomic E-state index is -0.0976. The average Bonchev–Trinajstić information content (AvgIpc) is 3.11. The molecule has 2 aromatic carbocycles. The van der Waals surface area contributed by atoms with Crippen molar-refractivity contribution in [1.82, 2.24) is 9.88 Å². The Kier molecular flexibility index (Phi) is 4.18. The van der Waals surface area contributed by atoms with Crippen LogP contribution in [0.25, 0.3) is 16.5 Å². The van der Waals surface area contributed by atoms with E-state index in [-0.39, 0.29) is 5.82 Å². The Morgan fingerprint density at radius 3 is 2.71 bits per heavy atom. The van der Waals surface area contributed by atoms with Gasteiger partial charge in [0.25, 0.3) is 0 Å². The van der Waals surface area contributed by atoms with Crippen molar-refractivity contribution in [2.45, 2.75) is 12.8 Å². The topological polar surface area (TPSA) is 19.0 Å². The molecule has 0 radical (unpaired) electrons. The summed E-state index contributed by atoms with van der Waals surface area (Å²) in [5.74, 6) is -0.0976. The molecule has 3 aromatic rings. The second-order valence-electron chi connectivity index (χ2n) is 6.36. The molecule has 1 aliphatic rings. The molecule has 0 saturated heterocycles. The fraction of sp³-hybridized carbons (Fsp3) is 0.238. The first kappa shape index (κ1) is 15.2. The van der Waals surface area contributed by atoms with Gasteiger partial charge in [-0.1, -0.05) is 36.4 Å². The van der Waals surface area contributed by atoms with E-state index in [2.05, 4.69) is 46.3 Å². The van der Waals surface area contributed by atoms with Crippen LogP contribution in [-0.2, 0) is 6.42 Å². The molecule has 1 aliphatic heterocycles. The number of fused-ring (bicyclic) bond motifs is 1. The van der Waals surface area contributed by atoms with Gasteiger partial charge in [0.15, 0.2) is 0 Å². The highest BCUT2D eigenvalue weighted by Crippen LogP contribution is 2.24. The maximum Gasteiger partial charge on any atom is 0.127 e. The highest BCUT2D eigenvalue weighted by molar-refractivity contribution is 5.83. The average molecular weight is 320 g/mol. The van der Waals surface area contributed by atoms with Gasteiger partial charge in [-0.05, 0) is 47.7 Å². The molecule has 0 amide bonds. The molecule has 4 rings (SSSR count). The highest BCUT2D eigenvalue weighted by Gasteiger charge is 2.15. The lowest BCUT2D eigenvalue weighted by Gasteiger charge is -2.26. The van der Waals surface area contributed by atoms with E-state index in [0.717, 1.165) is 48.9 Å². The normalized spacial score (nSPS) is 15.6. The Hall–Kier alpha value is -2.39. The van der Waals surface area contributed by atoms with E-state index in [0.29, 0.717) is 0 Å². The minimum absolute atomic E-state index is 0.0976. The largest absolute Gasteiger partial charge is 0.361 e. The number of rotatable bonds is 4. The molecule has 0 atom stereocenters. The van der Waals surface area contributed by atoms with Crippen LogP contribution in [-0.4, -0.2) is 29.5 Å². The minimum Gasteiger partial charge on any atom is -0.361 e. The third kappa shape index (κ3) is 3.00. The van der Waals surface area contributed by atoms with Crippen LogP contribution in [0.1, 0.15) is 17.5 Å². The predicted molar refractivity (Wildman–Crippen MR) is 97.4 cm³/mol. The van der Waals surface area contributed by atoms with E-state index in [9.17, 15) is 4.39 Å². The summed E-state index contributed by atoms with van der Waals surface area (Å²) in [6.45, 7) is 2.86. The van der Waals surface area contributed by atoms with Crippen molar-refractivity contribution < 1.29 is 4.39 Å². The van der Waals surface area contributed by atoms with E-state index in [1.165, 1.54) is 11.1 Å². The number of hydrogen-bond acceptors (Lipinski definition) is 1. The summed E-state index contributed by atoms with van der Waals surface area (Å²) >= 11 is 0. The summed E-state index contributed by atoms with van der Waals surface area (Å²) < 4.78 is 14.2. The second kappa shape index (κ2) is 6.62. The Balaban J connectivity index is 1.43. The second-order valence-corrected chi connectivity index (χ2v) is 6.36. The maximum absolute atomic E-state index is 14.2. The van der Waals surface area contributed by atoms with Gasteiger partial charge >= 0.3 is 0 Å². The number of benzene rings is 2. The molecular formula is C21H21FN2. The zero-order valence-corrected chi connectivity index (χ0v) is 13.6. The fourth-order valence-electron chi connectivity index (χ4n) is 3.52. The molecule has 0 bridgehead atoms. The highest BCUT2D eigenvalue weighted by atomic mass is 19.1. The van der Waals surface area contributed by atoms with Gasteiger partial charge in [0, 0.05) is 36.7 Å². The quantitative estimate of drug-likeness (QED) is 0.742. The standard InChI is InChI=1S/C21H21FN2/c22-20-6-7-21-19(8-12-23-21)18(20)11-15-24-13-9-17(10-14-24)16-4-2-1-3-5-16/h1-9,12,23H,10-11,13-15H2. The molecule has 0 spiro atoms. The number of nitrogens with one attached hydrogen (secondary N) is 1. The van der Waals surface area contributed by atoms with E-state index in [1.54, 1.807) is 6.07 Å². The fourth-order valence-corrected chi connectivity index (χ4v) is 3.52. The zero-order chi connectivity index (χ0) is 16.4. The van der Waals surface area contributed by atoms with Crippen molar-refractivity contribution >= 4 is 16.5 Å². The lowest BCUT2D eigenvalue weighted by molar-refractivity contribution is 0.305. The van der Waals surface area contributed by atoms with Gasteiger partial charge in [-0.3, -0.25) is 4.90 Å². The van der Waals surface area contributed by atoms with Crippen LogP contribution < -0.4 is 0 Å². The van der Waals surface area contributed by atoms with Gasteiger partial charge in [-0.2, -0.15) is 0 Å². The Morgan fingerprint density at radius 1 is 1.04 bits per heavy atom. The first-order chi connectivity index (χ1) is 11.8. The first-order valence-electron chi connectivity index (χ1n) is 8.52. The summed E-state index contributed by atoms with van der Waals surface area (Å²) in [5.41, 5.74) is 4.58. The molecule has 2 heterocycles. The van der Waals surface area contributed by atoms with Gasteiger partial charge in [0.1, 0.15) is 5.82 Å². The third-order valence-corrected chi connectivity index (χ3v) is 4.90. The summed E-state index contributed by atoms with van der Waals surface area (Å²) in [5, 5.41) is 1.01. The molecule has 0 aliphatic carbocycles. The molecule has 2 nitrogen and oxygen atoms in total. The van der Waals surface area contributed by atoms with Crippen LogP contribution in [0.3, 0.4) is 0 Å². The van der Waals surface area contributed by atoms with Gasteiger partial charge in [-0.25, -0.2) is 4.39 Å². The van der Waals surface area contributed by atoms with Crippen LogP contribution in [0, 0.1) is 5.82 Å². The number of aromatic amines is 1. The smallest absolute Gasteiger partial charge is 0.127 e. The Labute approximate surface area is 141 Å². The Morgan fingerprint density at radius 2 is 1.92 bits per heavy atom. The molecule has 24 heavy (non-hydrogen) atoms. The SMILES string of the molecule is Fc1ccc2[nH]ccc2c1CCN1CC=C(c2ccccc2)CC1. The van der Waals surface area contributed by atoms with Gasteiger partial charge in [0.2, 0.25) is 0 Å². The molecule has 122 valence electrons. The lowest BCUT2D eigenvalue weighted by Crippen LogP contribution is -2.30. The van der Waals surface area contributed by atoms with Crippen molar-refractivity contribution in [2.24, 2.45) is 0 Å². The molecular weight excluding hydrogens is 299 g/mol. The monoisotopic (exact) mass is 320 g/mol. The molecule has 0 saturated carbocycles. The van der Waals surface area contributed by atoms with Gasteiger partial charge in [0.05, 0.1) is 0 Å². The summed E-state index contributed by atoms with van der Waals surface area (Å²) in [7, 11) is 0. The van der Waals surface area contributed by atoms with Crippen molar-refractivity contribution in [3.05, 3.63) is 77.7 Å². The first-order valence-corrected chi connectivity index (χ1v) is 8.52. The van der Waals surface area contributed by atoms with Crippen LogP contribution in [0.4, 0.5) is 4.39 Å². The van der Waals surface area contributed by atoms with Gasteiger partial charge in [-0.15, -0.1) is 0 Å². The van der Waals surface area contributed by atoms with E-state index in [4.69, 9.17) is 0 Å². The number of H-pyrrole nitrogens is 1. The van der Waals surface area contributed by atoms with Crippen molar-refractivity contribution in [1.29, 1.82) is 0 Å². The third-order valence-electron chi connectivity index (χ3n) is 4.90. The summed E-state index contributed by atoms with van der Waals surface area (Å²) in [4.78, 5) is 5.56. The molecule has 1 N–H and O–H groups in total. The summed E-state index contributed by atoms with van der Waals surface area (Å²) in [6.07, 6.45) is 5.99. The van der Waals surface area contributed by atoms with Gasteiger partial charge < -0.3 is 4.98 Å². The van der Waals surface area contributed by atoms with Crippen molar-refractivity contribution in [3.8, 4) is 0 Å². The van der Waals surface area contributed by atoms with Crippen LogP contribution in [0.15, 0.2) is 60.8 Å².